The molecule has 2 heterocycles. The van der Waals surface area contributed by atoms with Crippen LogP contribution in [-0.2, 0) is 4.74 Å². The maximum absolute atomic E-state index is 12.7. The van der Waals surface area contributed by atoms with Crippen LogP contribution in [0.25, 0.3) is 10.9 Å². The fourth-order valence-corrected chi connectivity index (χ4v) is 2.62. The van der Waals surface area contributed by atoms with Gasteiger partial charge in [-0.1, -0.05) is 25.1 Å². The van der Waals surface area contributed by atoms with Gasteiger partial charge in [0.25, 0.3) is 0 Å². The van der Waals surface area contributed by atoms with Crippen molar-refractivity contribution in [2.75, 3.05) is 26.2 Å². The summed E-state index contributed by atoms with van der Waals surface area (Å²) in [5, 5.41) is 0.988. The third kappa shape index (κ3) is 2.44. The van der Waals surface area contributed by atoms with Gasteiger partial charge in [-0.2, -0.15) is 0 Å². The molecule has 1 aliphatic heterocycles. The lowest BCUT2D eigenvalue weighted by atomic mass is 10.0. The number of morpholine rings is 1. The molecule has 0 radical (unpaired) electrons. The second-order valence-electron chi connectivity index (χ2n) is 5.00. The SMILES string of the molecule is CCN1CCOC(C(=O)c2cccc3cccnc23)C1. The molecule has 1 fully saturated rings. The molecule has 0 amide bonds. The fraction of sp³-hybridized carbons (Fsp3) is 0.375. The van der Waals surface area contributed by atoms with Crippen molar-refractivity contribution in [1.29, 1.82) is 0 Å². The second-order valence-corrected chi connectivity index (χ2v) is 5.00. The highest BCUT2D eigenvalue weighted by atomic mass is 16.5. The number of ketones is 1. The highest BCUT2D eigenvalue weighted by Gasteiger charge is 2.27. The standard InChI is InChI=1S/C16H18N2O2/c1-2-18-9-10-20-14(11-18)16(19)13-7-3-5-12-6-4-8-17-15(12)13/h3-8,14H,2,9-11H2,1H3. The van der Waals surface area contributed by atoms with Crippen molar-refractivity contribution in [1.82, 2.24) is 9.88 Å². The molecule has 4 nitrogen and oxygen atoms in total. The smallest absolute Gasteiger partial charge is 0.195 e. The lowest BCUT2D eigenvalue weighted by Crippen LogP contribution is -2.45. The summed E-state index contributed by atoms with van der Waals surface area (Å²) in [6.07, 6.45) is 1.34. The van der Waals surface area contributed by atoms with Gasteiger partial charge < -0.3 is 4.74 Å². The van der Waals surface area contributed by atoms with Crippen LogP contribution in [-0.4, -0.2) is 48.0 Å². The molecular formula is C16H18N2O2. The van der Waals surface area contributed by atoms with Crippen LogP contribution in [0.4, 0.5) is 0 Å². The van der Waals surface area contributed by atoms with Crippen LogP contribution in [0.15, 0.2) is 36.5 Å². The number of nitrogens with zero attached hydrogens (tertiary/aromatic N) is 2. The van der Waals surface area contributed by atoms with E-state index in [4.69, 9.17) is 4.74 Å². The maximum Gasteiger partial charge on any atom is 0.195 e. The summed E-state index contributed by atoms with van der Waals surface area (Å²) in [6.45, 7) is 5.22. The Morgan fingerprint density at radius 3 is 3.10 bits per heavy atom. The second kappa shape index (κ2) is 5.69. The van der Waals surface area contributed by atoms with Gasteiger partial charge in [0.15, 0.2) is 5.78 Å². The predicted molar refractivity (Wildman–Crippen MR) is 77.9 cm³/mol. The van der Waals surface area contributed by atoms with Crippen molar-refractivity contribution in [2.24, 2.45) is 0 Å². The van der Waals surface area contributed by atoms with Crippen molar-refractivity contribution >= 4 is 16.7 Å². The lowest BCUT2D eigenvalue weighted by Gasteiger charge is -2.31. The van der Waals surface area contributed by atoms with Crippen molar-refractivity contribution in [2.45, 2.75) is 13.0 Å². The third-order valence-corrected chi connectivity index (χ3v) is 3.79. The largest absolute Gasteiger partial charge is 0.367 e. The van der Waals surface area contributed by atoms with E-state index in [9.17, 15) is 4.79 Å². The van der Waals surface area contributed by atoms with Crippen LogP contribution >= 0.6 is 0 Å². The van der Waals surface area contributed by atoms with Gasteiger partial charge in [0.2, 0.25) is 0 Å². The molecule has 1 atom stereocenters. The normalized spacial score (nSPS) is 20.1. The van der Waals surface area contributed by atoms with E-state index < -0.39 is 0 Å². The van der Waals surface area contributed by atoms with Crippen molar-refractivity contribution < 1.29 is 9.53 Å². The van der Waals surface area contributed by atoms with Crippen LogP contribution in [0, 0.1) is 0 Å². The Morgan fingerprint density at radius 1 is 1.40 bits per heavy atom. The molecule has 0 spiro atoms. The lowest BCUT2D eigenvalue weighted by molar-refractivity contribution is -0.0147. The molecule has 1 aromatic carbocycles. The molecule has 104 valence electrons. The minimum Gasteiger partial charge on any atom is -0.367 e. The highest BCUT2D eigenvalue weighted by Crippen LogP contribution is 2.19. The third-order valence-electron chi connectivity index (χ3n) is 3.79. The minimum absolute atomic E-state index is 0.0347. The van der Waals surface area contributed by atoms with E-state index in [0.29, 0.717) is 18.7 Å². The number of para-hydroxylation sites is 1. The Morgan fingerprint density at radius 2 is 2.25 bits per heavy atom. The number of rotatable bonds is 3. The first-order valence-electron chi connectivity index (χ1n) is 7.01. The van der Waals surface area contributed by atoms with Gasteiger partial charge in [0, 0.05) is 30.2 Å². The summed E-state index contributed by atoms with van der Waals surface area (Å²) in [4.78, 5) is 19.3. The fourth-order valence-electron chi connectivity index (χ4n) is 2.62. The Hall–Kier alpha value is -1.78. The van der Waals surface area contributed by atoms with Gasteiger partial charge in [-0.05, 0) is 18.7 Å². The van der Waals surface area contributed by atoms with Crippen LogP contribution in [0.3, 0.4) is 0 Å². The minimum atomic E-state index is -0.378. The average Bonchev–Trinajstić information content (AvgIpc) is 2.53. The molecule has 1 saturated heterocycles. The van der Waals surface area contributed by atoms with Gasteiger partial charge in [-0.15, -0.1) is 0 Å². The predicted octanol–water partition coefficient (Wildman–Crippen LogP) is 2.14. The molecule has 4 heteroatoms. The molecule has 2 aromatic rings. The summed E-state index contributed by atoms with van der Waals surface area (Å²) in [6, 6.07) is 9.56. The molecule has 0 N–H and O–H groups in total. The van der Waals surface area contributed by atoms with Crippen LogP contribution in [0.5, 0.6) is 0 Å². The van der Waals surface area contributed by atoms with Crippen LogP contribution in [0.1, 0.15) is 17.3 Å². The number of carbonyl (C=O) groups is 1. The Bertz CT molecular complexity index is 621. The number of fused-ring (bicyclic) bond motifs is 1. The highest BCUT2D eigenvalue weighted by molar-refractivity contribution is 6.08. The zero-order valence-corrected chi connectivity index (χ0v) is 11.6. The van der Waals surface area contributed by atoms with E-state index in [-0.39, 0.29) is 11.9 Å². The molecule has 20 heavy (non-hydrogen) atoms. The quantitative estimate of drug-likeness (QED) is 0.801. The number of hydrogen-bond acceptors (Lipinski definition) is 4. The number of carbonyl (C=O) groups excluding carboxylic acids is 1. The maximum atomic E-state index is 12.7. The Balaban J connectivity index is 1.92. The van der Waals surface area contributed by atoms with Crippen LogP contribution in [0.2, 0.25) is 0 Å². The van der Waals surface area contributed by atoms with E-state index in [1.165, 1.54) is 0 Å². The molecule has 1 unspecified atom stereocenters. The zero-order valence-electron chi connectivity index (χ0n) is 11.6. The van der Waals surface area contributed by atoms with Crippen LogP contribution < -0.4 is 0 Å². The van der Waals surface area contributed by atoms with Gasteiger partial charge >= 0.3 is 0 Å². The van der Waals surface area contributed by atoms with E-state index >= 15 is 0 Å². The number of ether oxygens (including phenoxy) is 1. The summed E-state index contributed by atoms with van der Waals surface area (Å²) in [7, 11) is 0. The van der Waals surface area contributed by atoms with Gasteiger partial charge in [0.05, 0.1) is 12.1 Å². The van der Waals surface area contributed by atoms with Crippen molar-refractivity contribution in [3.63, 3.8) is 0 Å². The monoisotopic (exact) mass is 270 g/mol. The summed E-state index contributed by atoms with van der Waals surface area (Å²) in [5.41, 5.74) is 1.42. The van der Waals surface area contributed by atoms with E-state index in [0.717, 1.165) is 24.0 Å². The van der Waals surface area contributed by atoms with Gasteiger partial charge in [0.1, 0.15) is 6.10 Å². The first-order valence-corrected chi connectivity index (χ1v) is 7.01. The van der Waals surface area contributed by atoms with Gasteiger partial charge in [-0.25, -0.2) is 0 Å². The first-order chi connectivity index (χ1) is 9.79. The number of aromatic nitrogens is 1. The van der Waals surface area contributed by atoms with E-state index in [2.05, 4.69) is 16.8 Å². The average molecular weight is 270 g/mol. The zero-order chi connectivity index (χ0) is 13.9. The summed E-state index contributed by atoms with van der Waals surface area (Å²) < 4.78 is 5.66. The molecule has 3 rings (SSSR count). The molecule has 0 aliphatic carbocycles. The number of benzene rings is 1. The topological polar surface area (TPSA) is 42.4 Å². The summed E-state index contributed by atoms with van der Waals surface area (Å²) in [5.74, 6) is 0.0347. The molecule has 0 bridgehead atoms. The Labute approximate surface area is 118 Å². The number of Topliss-reactive ketones (excluding diaryl/α,β-unsaturated/α-hetero) is 1. The number of hydrogen-bond donors (Lipinski definition) is 0. The Kier molecular flexibility index (Phi) is 3.76. The number of pyridine rings is 1. The van der Waals surface area contributed by atoms with Crippen molar-refractivity contribution in [3.8, 4) is 0 Å². The molecule has 1 aliphatic rings. The number of likely N-dealkylation sites (N-methyl/N-ethyl adjacent to an activating group) is 1. The molecule has 0 saturated carbocycles. The van der Waals surface area contributed by atoms with Crippen molar-refractivity contribution in [3.05, 3.63) is 42.1 Å². The molecular weight excluding hydrogens is 252 g/mol. The van der Waals surface area contributed by atoms with Gasteiger partial charge in [-0.3, -0.25) is 14.7 Å². The van der Waals surface area contributed by atoms with E-state index in [1.807, 2.05) is 30.3 Å². The first kappa shape index (κ1) is 13.2. The van der Waals surface area contributed by atoms with E-state index in [1.54, 1.807) is 6.20 Å². The summed E-state index contributed by atoms with van der Waals surface area (Å²) >= 11 is 0. The molecule has 1 aromatic heterocycles.